The molecule has 146 valence electrons. The van der Waals surface area contributed by atoms with Crippen LogP contribution in [0.15, 0.2) is 36.7 Å². The molecule has 0 spiro atoms. The van der Waals surface area contributed by atoms with E-state index >= 15 is 0 Å². The first-order valence-corrected chi connectivity index (χ1v) is 9.42. The molecule has 0 aliphatic heterocycles. The Morgan fingerprint density at radius 2 is 1.86 bits per heavy atom. The van der Waals surface area contributed by atoms with Crippen molar-refractivity contribution in [1.29, 1.82) is 0 Å². The molecule has 1 heterocycles. The van der Waals surface area contributed by atoms with Gasteiger partial charge in [-0.05, 0) is 55.9 Å². The van der Waals surface area contributed by atoms with Crippen molar-refractivity contribution in [2.75, 3.05) is 11.1 Å². The van der Waals surface area contributed by atoms with E-state index in [0.717, 1.165) is 25.7 Å². The predicted octanol–water partition coefficient (Wildman–Crippen LogP) is 5.19. The van der Waals surface area contributed by atoms with Crippen LogP contribution in [0.3, 0.4) is 0 Å². The minimum absolute atomic E-state index is 0.0391. The van der Waals surface area contributed by atoms with Gasteiger partial charge in [0.25, 0.3) is 0 Å². The van der Waals surface area contributed by atoms with Crippen molar-refractivity contribution >= 4 is 28.1 Å². The van der Waals surface area contributed by atoms with E-state index in [2.05, 4.69) is 22.2 Å². The number of nitrogens with zero attached hydrogens (tertiary/aromatic N) is 2. The monoisotopic (exact) mass is 384 g/mol. The average molecular weight is 384 g/mol. The lowest BCUT2D eigenvalue weighted by Gasteiger charge is -2.27. The summed E-state index contributed by atoms with van der Waals surface area (Å²) in [6, 6.07) is 7.05. The molecule has 2 aromatic carbocycles. The minimum Gasteiger partial charge on any atom is -0.488 e. The second-order valence-corrected chi connectivity index (χ2v) is 7.38. The van der Waals surface area contributed by atoms with Gasteiger partial charge in [-0.25, -0.2) is 18.7 Å². The quantitative estimate of drug-likeness (QED) is 0.606. The van der Waals surface area contributed by atoms with Gasteiger partial charge in [0.1, 0.15) is 29.5 Å². The highest BCUT2D eigenvalue weighted by molar-refractivity contribution is 5.93. The SMILES string of the molecule is CC1CCC(Oc2cc(F)ccc2Nc2ncnc3cc(N)cc(F)c23)CC1. The van der Waals surface area contributed by atoms with Crippen LogP contribution in [0.5, 0.6) is 5.75 Å². The molecule has 1 aliphatic carbocycles. The van der Waals surface area contributed by atoms with Crippen LogP contribution in [0, 0.1) is 17.6 Å². The molecule has 3 aromatic rings. The van der Waals surface area contributed by atoms with Crippen molar-refractivity contribution in [3.63, 3.8) is 0 Å². The number of hydrogen-bond donors (Lipinski definition) is 2. The van der Waals surface area contributed by atoms with Crippen LogP contribution in [0.4, 0.5) is 26.0 Å². The third-order valence-corrected chi connectivity index (χ3v) is 5.17. The fourth-order valence-electron chi connectivity index (χ4n) is 3.61. The molecule has 3 N–H and O–H groups in total. The number of nitrogen functional groups attached to an aromatic ring is 1. The minimum atomic E-state index is -0.524. The second-order valence-electron chi connectivity index (χ2n) is 7.38. The number of hydrogen-bond acceptors (Lipinski definition) is 5. The van der Waals surface area contributed by atoms with Crippen molar-refractivity contribution in [2.24, 2.45) is 5.92 Å². The summed E-state index contributed by atoms with van der Waals surface area (Å²) in [7, 11) is 0. The first-order chi connectivity index (χ1) is 13.5. The van der Waals surface area contributed by atoms with E-state index in [-0.39, 0.29) is 23.0 Å². The molecule has 1 fully saturated rings. The Morgan fingerprint density at radius 3 is 2.64 bits per heavy atom. The Morgan fingerprint density at radius 1 is 1.07 bits per heavy atom. The fraction of sp³-hybridized carbons (Fsp3) is 0.333. The molecule has 0 bridgehead atoms. The maximum Gasteiger partial charge on any atom is 0.146 e. The van der Waals surface area contributed by atoms with E-state index in [1.165, 1.54) is 24.5 Å². The molecule has 0 radical (unpaired) electrons. The van der Waals surface area contributed by atoms with Crippen LogP contribution in [-0.2, 0) is 0 Å². The number of ether oxygens (including phenoxy) is 1. The molecule has 1 saturated carbocycles. The zero-order chi connectivity index (χ0) is 19.7. The third-order valence-electron chi connectivity index (χ3n) is 5.17. The molecule has 28 heavy (non-hydrogen) atoms. The van der Waals surface area contributed by atoms with Crippen molar-refractivity contribution in [2.45, 2.75) is 38.7 Å². The number of benzene rings is 2. The van der Waals surface area contributed by atoms with Gasteiger partial charge in [0.15, 0.2) is 0 Å². The summed E-state index contributed by atoms with van der Waals surface area (Å²) < 4.78 is 34.4. The van der Waals surface area contributed by atoms with Gasteiger partial charge < -0.3 is 15.8 Å². The Balaban J connectivity index is 1.66. The summed E-state index contributed by atoms with van der Waals surface area (Å²) in [4.78, 5) is 8.24. The number of nitrogens with two attached hydrogens (primary N) is 1. The Kier molecular flexibility index (Phi) is 4.98. The Hall–Kier alpha value is -2.96. The van der Waals surface area contributed by atoms with Crippen molar-refractivity contribution in [1.82, 2.24) is 9.97 Å². The number of halogens is 2. The lowest BCUT2D eigenvalue weighted by molar-refractivity contribution is 0.136. The number of rotatable bonds is 4. The maximum absolute atomic E-state index is 14.5. The van der Waals surface area contributed by atoms with Gasteiger partial charge in [-0.2, -0.15) is 0 Å². The average Bonchev–Trinajstić information content (AvgIpc) is 2.65. The Bertz CT molecular complexity index is 1000. The van der Waals surface area contributed by atoms with Crippen molar-refractivity contribution in [3.8, 4) is 5.75 Å². The zero-order valence-electron chi connectivity index (χ0n) is 15.6. The molecular weight excluding hydrogens is 362 g/mol. The summed E-state index contributed by atoms with van der Waals surface area (Å²) in [5, 5.41) is 3.30. The molecule has 0 atom stereocenters. The van der Waals surface area contributed by atoms with Crippen LogP contribution < -0.4 is 15.8 Å². The fourth-order valence-corrected chi connectivity index (χ4v) is 3.61. The molecule has 4 rings (SSSR count). The van der Waals surface area contributed by atoms with Crippen LogP contribution in [0.1, 0.15) is 32.6 Å². The number of anilines is 3. The summed E-state index contributed by atoms with van der Waals surface area (Å²) in [6.07, 6.45) is 5.41. The number of nitrogens with one attached hydrogen (secondary N) is 1. The van der Waals surface area contributed by atoms with Gasteiger partial charge in [-0.3, -0.25) is 0 Å². The lowest BCUT2D eigenvalue weighted by atomic mass is 9.89. The van der Waals surface area contributed by atoms with Gasteiger partial charge in [-0.15, -0.1) is 0 Å². The van der Waals surface area contributed by atoms with E-state index in [9.17, 15) is 8.78 Å². The van der Waals surface area contributed by atoms with Crippen LogP contribution in [-0.4, -0.2) is 16.1 Å². The molecule has 5 nitrogen and oxygen atoms in total. The van der Waals surface area contributed by atoms with E-state index in [0.29, 0.717) is 22.9 Å². The highest BCUT2D eigenvalue weighted by atomic mass is 19.1. The summed E-state index contributed by atoms with van der Waals surface area (Å²) in [5.74, 6) is 0.436. The molecule has 1 aromatic heterocycles. The summed E-state index contributed by atoms with van der Waals surface area (Å²) in [5.41, 5.74) is 6.90. The van der Waals surface area contributed by atoms with Crippen LogP contribution in [0.2, 0.25) is 0 Å². The lowest BCUT2D eigenvalue weighted by Crippen LogP contribution is -2.23. The summed E-state index contributed by atoms with van der Waals surface area (Å²) >= 11 is 0. The normalized spacial score (nSPS) is 19.5. The van der Waals surface area contributed by atoms with Gasteiger partial charge >= 0.3 is 0 Å². The first-order valence-electron chi connectivity index (χ1n) is 9.42. The van der Waals surface area contributed by atoms with E-state index in [1.807, 2.05) is 0 Å². The smallest absolute Gasteiger partial charge is 0.146 e. The molecule has 7 heteroatoms. The molecule has 1 aliphatic rings. The summed E-state index contributed by atoms with van der Waals surface area (Å²) in [6.45, 7) is 2.23. The highest BCUT2D eigenvalue weighted by Crippen LogP contribution is 2.35. The highest BCUT2D eigenvalue weighted by Gasteiger charge is 2.21. The van der Waals surface area contributed by atoms with E-state index in [1.54, 1.807) is 12.1 Å². The number of aromatic nitrogens is 2. The van der Waals surface area contributed by atoms with Gasteiger partial charge in [0.2, 0.25) is 0 Å². The first kappa shape index (κ1) is 18.4. The third kappa shape index (κ3) is 3.83. The maximum atomic E-state index is 14.5. The number of fused-ring (bicyclic) bond motifs is 1. The van der Waals surface area contributed by atoms with Crippen LogP contribution in [0.25, 0.3) is 10.9 Å². The molecule has 0 saturated heterocycles. The van der Waals surface area contributed by atoms with E-state index in [4.69, 9.17) is 10.5 Å². The van der Waals surface area contributed by atoms with Crippen molar-refractivity contribution in [3.05, 3.63) is 48.3 Å². The van der Waals surface area contributed by atoms with Gasteiger partial charge in [0, 0.05) is 11.8 Å². The van der Waals surface area contributed by atoms with Gasteiger partial charge in [-0.1, -0.05) is 6.92 Å². The molecule has 0 unspecified atom stereocenters. The van der Waals surface area contributed by atoms with Crippen LogP contribution >= 0.6 is 0 Å². The molecular formula is C21H22F2N4O. The topological polar surface area (TPSA) is 73.1 Å². The Labute approximate surface area is 161 Å². The molecule has 0 amide bonds. The van der Waals surface area contributed by atoms with Crippen molar-refractivity contribution < 1.29 is 13.5 Å². The predicted molar refractivity (Wildman–Crippen MR) is 106 cm³/mol. The zero-order valence-corrected chi connectivity index (χ0v) is 15.6. The standard InChI is InChI=1S/C21H22F2N4O/c1-12-2-5-15(6-3-12)28-19-8-13(22)4-7-17(19)27-21-20-16(23)9-14(24)10-18(20)25-11-26-21/h4,7-12,15H,2-3,5-6,24H2,1H3,(H,25,26,27). The second kappa shape index (κ2) is 7.58. The largest absolute Gasteiger partial charge is 0.488 e. The van der Waals surface area contributed by atoms with Gasteiger partial charge in [0.05, 0.1) is 22.7 Å². The van der Waals surface area contributed by atoms with E-state index < -0.39 is 11.6 Å².